The van der Waals surface area contributed by atoms with Crippen LogP contribution in [0.15, 0.2) is 78.4 Å². The Morgan fingerprint density at radius 1 is 1.08 bits per heavy atom. The molecule has 6 aliphatic heterocycles. The Labute approximate surface area is 346 Å². The van der Waals surface area contributed by atoms with Crippen LogP contribution in [0.2, 0.25) is 0 Å². The second-order valence-electron chi connectivity index (χ2n) is 17.8. The molecule has 2 fully saturated rings. The SMILES string of the molecule is Cc1cc(=O)c2cc3c(c([NH+]4C=C5N=CC=C5C4)c2o1)OC(C)(CCC1CNC(=O)C12CCCCC2)C(OOCC(O)C(O)(C[NH+]1CC=C2N=CC=C21)C(O)C(O)CO)C3. The summed E-state index contributed by atoms with van der Waals surface area (Å²) in [6.07, 6.45) is 10.8. The molecule has 1 aliphatic carbocycles. The number of rotatable bonds is 14. The number of quaternary nitrogens is 2. The highest BCUT2D eigenvalue weighted by Crippen LogP contribution is 2.50. The lowest BCUT2D eigenvalue weighted by Crippen LogP contribution is -3.11. The van der Waals surface area contributed by atoms with Gasteiger partial charge in [-0.15, -0.1) is 0 Å². The molecule has 9 rings (SSSR count). The highest BCUT2D eigenvalue weighted by molar-refractivity contribution is 5.90. The lowest BCUT2D eigenvalue weighted by molar-refractivity contribution is -0.856. The number of aryl methyl sites for hydroxylation is 1. The maximum atomic E-state index is 13.6. The van der Waals surface area contributed by atoms with E-state index in [0.717, 1.165) is 59.7 Å². The topological polar surface area (TPSA) is 222 Å². The Bertz CT molecular complexity index is 2310. The van der Waals surface area contributed by atoms with E-state index in [9.17, 15) is 35.1 Å². The average molecular weight is 830 g/mol. The van der Waals surface area contributed by atoms with Crippen LogP contribution in [0.25, 0.3) is 11.0 Å². The Morgan fingerprint density at radius 2 is 1.87 bits per heavy atom. The minimum Gasteiger partial charge on any atom is -0.478 e. The largest absolute Gasteiger partial charge is 0.478 e. The van der Waals surface area contributed by atoms with E-state index in [1.807, 2.05) is 25.3 Å². The molecule has 1 aromatic heterocycles. The summed E-state index contributed by atoms with van der Waals surface area (Å²) in [5.41, 5.74) is 1.12. The highest BCUT2D eigenvalue weighted by atomic mass is 17.2. The predicted molar refractivity (Wildman–Crippen MR) is 218 cm³/mol. The van der Waals surface area contributed by atoms with Crippen molar-refractivity contribution < 1.29 is 59.1 Å². The van der Waals surface area contributed by atoms with Gasteiger partial charge in [-0.2, -0.15) is 0 Å². The molecule has 60 heavy (non-hydrogen) atoms. The highest BCUT2D eigenvalue weighted by Gasteiger charge is 2.54. The third-order valence-electron chi connectivity index (χ3n) is 14.1. The summed E-state index contributed by atoms with van der Waals surface area (Å²) in [5, 5.41) is 58.4. The lowest BCUT2D eigenvalue weighted by Gasteiger charge is -2.44. The van der Waals surface area contributed by atoms with Crippen molar-refractivity contribution in [1.29, 1.82) is 0 Å². The van der Waals surface area contributed by atoms with Crippen LogP contribution in [-0.2, 0) is 21.0 Å². The van der Waals surface area contributed by atoms with Crippen molar-refractivity contribution in [3.05, 3.63) is 80.8 Å². The number of benzene rings is 1. The maximum absolute atomic E-state index is 13.6. The van der Waals surface area contributed by atoms with Crippen molar-refractivity contribution in [2.45, 2.75) is 101 Å². The number of ether oxygens (including phenoxy) is 1. The number of amides is 1. The van der Waals surface area contributed by atoms with Crippen molar-refractivity contribution in [3.8, 4) is 5.75 Å². The van der Waals surface area contributed by atoms with Crippen LogP contribution >= 0.6 is 0 Å². The summed E-state index contributed by atoms with van der Waals surface area (Å²) < 4.78 is 13.5. The van der Waals surface area contributed by atoms with Crippen molar-refractivity contribution >= 4 is 35.0 Å². The van der Waals surface area contributed by atoms with Crippen molar-refractivity contribution in [1.82, 2.24) is 5.32 Å². The molecule has 1 amide bonds. The third kappa shape index (κ3) is 7.01. The minimum absolute atomic E-state index is 0.0725. The Kier molecular flexibility index (Phi) is 10.8. The van der Waals surface area contributed by atoms with E-state index in [1.165, 1.54) is 6.07 Å². The molecular formula is C44H55N5O11+2. The molecule has 8 N–H and O–H groups in total. The van der Waals surface area contributed by atoms with Crippen LogP contribution in [-0.4, -0.2) is 119 Å². The molecule has 0 bridgehead atoms. The number of carbonyl (C=O) groups excluding carboxylic acids is 1. The predicted octanol–water partition coefficient (Wildman–Crippen LogP) is -0.472. The van der Waals surface area contributed by atoms with Crippen LogP contribution in [0, 0.1) is 18.3 Å². The van der Waals surface area contributed by atoms with Gasteiger partial charge in [0.05, 0.1) is 17.4 Å². The molecule has 9 atom stereocenters. The number of carbonyl (C=O) groups is 1. The first-order chi connectivity index (χ1) is 28.8. The van der Waals surface area contributed by atoms with Crippen LogP contribution in [0.5, 0.6) is 5.75 Å². The Morgan fingerprint density at radius 3 is 2.65 bits per heavy atom. The van der Waals surface area contributed by atoms with Gasteiger partial charge >= 0.3 is 0 Å². The summed E-state index contributed by atoms with van der Waals surface area (Å²) in [4.78, 5) is 49.4. The van der Waals surface area contributed by atoms with Gasteiger partial charge in [-0.05, 0) is 57.6 Å². The molecule has 16 nitrogen and oxygen atoms in total. The first-order valence-electron chi connectivity index (χ1n) is 21.2. The first-order valence-corrected chi connectivity index (χ1v) is 21.2. The number of aliphatic hydroxyl groups excluding tert-OH is 4. The molecule has 0 radical (unpaired) electrons. The van der Waals surface area contributed by atoms with Gasteiger partial charge in [0.25, 0.3) is 0 Å². The number of aliphatic imine (C=N–C) groups is 2. The van der Waals surface area contributed by atoms with Crippen LogP contribution in [0.1, 0.15) is 63.2 Å². The standard InChI is InChI=1S/C44H53N5O11/c1-25-16-33(51)29-17-27-18-36(60-57-23-35(53)44(56,40(54)34(52)22-50)24-48-15-9-30-32(48)8-14-45-30)42(2,12-6-28-19-47-41(55)43(28)10-4-3-5-11-43)59-38(27)37(39(29)58-25)49-20-26-7-13-46-31(26)21-49/h7-9,13-14,16-17,21,28,34-36,40,50,52-54,56H,3-6,10-12,15,18-20,22-24H2,1-2H3,(H,47,55)/p+2. The van der Waals surface area contributed by atoms with Gasteiger partial charge in [-0.3, -0.25) is 29.4 Å². The maximum Gasteiger partial charge on any atom is 0.226 e. The molecule has 7 heterocycles. The zero-order chi connectivity index (χ0) is 42.0. The minimum atomic E-state index is -2.35. The second kappa shape index (κ2) is 15.8. The number of aliphatic hydroxyl groups is 5. The van der Waals surface area contributed by atoms with Crippen molar-refractivity contribution in [2.24, 2.45) is 21.3 Å². The van der Waals surface area contributed by atoms with E-state index in [-0.39, 0.29) is 30.2 Å². The molecule has 9 unspecified atom stereocenters. The first kappa shape index (κ1) is 41.0. The number of fused-ring (bicyclic) bond motifs is 4. The molecule has 1 aromatic carbocycles. The lowest BCUT2D eigenvalue weighted by atomic mass is 9.65. The van der Waals surface area contributed by atoms with E-state index < -0.39 is 54.2 Å². The molecule has 1 saturated heterocycles. The smallest absolute Gasteiger partial charge is 0.226 e. The van der Waals surface area contributed by atoms with Gasteiger partial charge in [0.2, 0.25) is 17.2 Å². The summed E-state index contributed by atoms with van der Waals surface area (Å²) in [7, 11) is 0. The molecule has 1 spiro atoms. The van der Waals surface area contributed by atoms with E-state index in [4.69, 9.17) is 18.9 Å². The number of allylic oxidation sites excluding steroid dienone is 2. The van der Waals surface area contributed by atoms with Gasteiger partial charge in [0.1, 0.15) is 79.6 Å². The van der Waals surface area contributed by atoms with Crippen molar-refractivity contribution in [3.63, 3.8) is 0 Å². The van der Waals surface area contributed by atoms with E-state index in [0.29, 0.717) is 71.1 Å². The second-order valence-corrected chi connectivity index (χ2v) is 17.8. The fourth-order valence-corrected chi connectivity index (χ4v) is 10.6. The van der Waals surface area contributed by atoms with Gasteiger partial charge in [0, 0.05) is 54.7 Å². The van der Waals surface area contributed by atoms with Gasteiger partial charge in [0.15, 0.2) is 22.5 Å². The van der Waals surface area contributed by atoms with E-state index in [1.54, 1.807) is 31.5 Å². The third-order valence-corrected chi connectivity index (χ3v) is 14.1. The molecule has 2 aromatic rings. The Balaban J connectivity index is 1.03. The van der Waals surface area contributed by atoms with Crippen LogP contribution in [0.3, 0.4) is 0 Å². The van der Waals surface area contributed by atoms with Gasteiger partial charge < -0.3 is 40.0 Å². The Hall–Kier alpha value is -4.36. The molecule has 320 valence electrons. The monoisotopic (exact) mass is 829 g/mol. The summed E-state index contributed by atoms with van der Waals surface area (Å²) in [5.74, 6) is 1.21. The summed E-state index contributed by atoms with van der Waals surface area (Å²) >= 11 is 0. The normalized spacial score (nSPS) is 29.9. The number of nitrogens with zero attached hydrogens (tertiary/aromatic N) is 2. The fourth-order valence-electron chi connectivity index (χ4n) is 10.6. The molecular weight excluding hydrogens is 775 g/mol. The van der Waals surface area contributed by atoms with Crippen LogP contribution < -0.4 is 25.3 Å². The molecule has 16 heteroatoms. The van der Waals surface area contributed by atoms with Gasteiger partial charge in [-0.25, -0.2) is 9.78 Å². The number of hydrogen-bond donors (Lipinski definition) is 8. The molecule has 7 aliphatic rings. The quantitative estimate of drug-likeness (QED) is 0.0899. The van der Waals surface area contributed by atoms with E-state index in [2.05, 4.69) is 15.3 Å². The average Bonchev–Trinajstić information content (AvgIpc) is 4.07. The van der Waals surface area contributed by atoms with Crippen molar-refractivity contribution in [2.75, 3.05) is 39.4 Å². The van der Waals surface area contributed by atoms with E-state index >= 15 is 0 Å². The summed E-state index contributed by atoms with van der Waals surface area (Å²) in [6.45, 7) is 3.53. The zero-order valence-electron chi connectivity index (χ0n) is 34.0. The fraction of sp³-hybridized carbons (Fsp3) is 0.545. The van der Waals surface area contributed by atoms with Crippen LogP contribution in [0.4, 0.5) is 5.69 Å². The number of hydrogen-bond acceptors (Lipinski definition) is 13. The molecule has 1 saturated carbocycles. The number of nitrogens with one attached hydrogen (secondary N) is 3. The van der Waals surface area contributed by atoms with Gasteiger partial charge in [-0.1, -0.05) is 19.3 Å². The summed E-state index contributed by atoms with van der Waals surface area (Å²) in [6, 6.07) is 3.23. The zero-order valence-corrected chi connectivity index (χ0v) is 34.0.